The standard InChI is InChI=1S/C12H23N3O4/c1-9(2)14-4-6-15(7-5-14)12(19)13-10(3-8-16)11(17)18/h9-10,16H,3-8H2,1-2H3,(H,13,19)(H,17,18). The highest BCUT2D eigenvalue weighted by atomic mass is 16.4. The zero-order valence-electron chi connectivity index (χ0n) is 11.5. The third kappa shape index (κ3) is 4.68. The van der Waals surface area contributed by atoms with E-state index in [9.17, 15) is 9.59 Å². The van der Waals surface area contributed by atoms with Gasteiger partial charge in [-0.05, 0) is 13.8 Å². The third-order valence-electron chi connectivity index (χ3n) is 3.35. The number of aliphatic hydroxyl groups excluding tert-OH is 1. The topological polar surface area (TPSA) is 93.1 Å². The molecule has 1 unspecified atom stereocenters. The van der Waals surface area contributed by atoms with Gasteiger partial charge in [0, 0.05) is 45.2 Å². The van der Waals surface area contributed by atoms with Crippen molar-refractivity contribution < 1.29 is 19.8 Å². The SMILES string of the molecule is CC(C)N1CCN(C(=O)NC(CCO)C(=O)O)CC1. The second-order valence-corrected chi connectivity index (χ2v) is 4.97. The van der Waals surface area contributed by atoms with Crippen molar-refractivity contribution in [2.24, 2.45) is 0 Å². The molecule has 1 aliphatic heterocycles. The number of rotatable bonds is 5. The minimum absolute atomic E-state index is 0.0209. The molecular formula is C12H23N3O4. The van der Waals surface area contributed by atoms with Gasteiger partial charge < -0.3 is 20.4 Å². The summed E-state index contributed by atoms with van der Waals surface area (Å²) >= 11 is 0. The summed E-state index contributed by atoms with van der Waals surface area (Å²) in [6.07, 6.45) is 0.0209. The van der Waals surface area contributed by atoms with Gasteiger partial charge in [0.05, 0.1) is 0 Å². The van der Waals surface area contributed by atoms with Gasteiger partial charge >= 0.3 is 12.0 Å². The van der Waals surface area contributed by atoms with Gasteiger partial charge in [-0.3, -0.25) is 4.90 Å². The van der Waals surface area contributed by atoms with Crippen LogP contribution in [0.5, 0.6) is 0 Å². The smallest absolute Gasteiger partial charge is 0.326 e. The predicted molar refractivity (Wildman–Crippen MR) is 69.9 cm³/mol. The summed E-state index contributed by atoms with van der Waals surface area (Å²) in [5, 5.41) is 20.1. The number of carbonyl (C=O) groups is 2. The van der Waals surface area contributed by atoms with Crippen LogP contribution in [0.2, 0.25) is 0 Å². The lowest BCUT2D eigenvalue weighted by Gasteiger charge is -2.37. The lowest BCUT2D eigenvalue weighted by Crippen LogP contribution is -2.55. The normalized spacial score (nSPS) is 18.4. The number of nitrogens with zero attached hydrogens (tertiary/aromatic N) is 2. The molecule has 19 heavy (non-hydrogen) atoms. The van der Waals surface area contributed by atoms with E-state index in [1.165, 1.54) is 0 Å². The monoisotopic (exact) mass is 273 g/mol. The molecule has 7 nitrogen and oxygen atoms in total. The van der Waals surface area contributed by atoms with Crippen molar-refractivity contribution >= 4 is 12.0 Å². The third-order valence-corrected chi connectivity index (χ3v) is 3.35. The Bertz CT molecular complexity index is 314. The van der Waals surface area contributed by atoms with Crippen molar-refractivity contribution in [2.75, 3.05) is 32.8 Å². The Labute approximate surface area is 113 Å². The fraction of sp³-hybridized carbons (Fsp3) is 0.833. The van der Waals surface area contributed by atoms with Crippen LogP contribution in [0.15, 0.2) is 0 Å². The van der Waals surface area contributed by atoms with Gasteiger partial charge in [-0.15, -0.1) is 0 Å². The number of hydrogen-bond donors (Lipinski definition) is 3. The molecule has 0 aromatic heterocycles. The van der Waals surface area contributed by atoms with E-state index in [4.69, 9.17) is 10.2 Å². The Morgan fingerprint density at radius 3 is 2.21 bits per heavy atom. The Balaban J connectivity index is 2.44. The molecule has 0 aromatic rings. The molecule has 1 aliphatic rings. The second-order valence-electron chi connectivity index (χ2n) is 4.97. The van der Waals surface area contributed by atoms with E-state index in [-0.39, 0.29) is 19.1 Å². The Morgan fingerprint density at radius 2 is 1.79 bits per heavy atom. The van der Waals surface area contributed by atoms with E-state index >= 15 is 0 Å². The summed E-state index contributed by atoms with van der Waals surface area (Å²) in [7, 11) is 0. The van der Waals surface area contributed by atoms with Crippen LogP contribution in [-0.2, 0) is 4.79 Å². The molecule has 0 aliphatic carbocycles. The molecule has 3 N–H and O–H groups in total. The van der Waals surface area contributed by atoms with E-state index in [1.807, 2.05) is 0 Å². The number of carbonyl (C=O) groups excluding carboxylic acids is 1. The second kappa shape index (κ2) is 7.30. The van der Waals surface area contributed by atoms with Gasteiger partial charge in [0.15, 0.2) is 0 Å². The quantitative estimate of drug-likeness (QED) is 0.631. The maximum Gasteiger partial charge on any atom is 0.326 e. The molecule has 110 valence electrons. The molecule has 1 atom stereocenters. The molecule has 1 rings (SSSR count). The lowest BCUT2D eigenvalue weighted by molar-refractivity contribution is -0.139. The molecular weight excluding hydrogens is 250 g/mol. The fourth-order valence-electron chi connectivity index (χ4n) is 2.07. The van der Waals surface area contributed by atoms with E-state index < -0.39 is 12.0 Å². The molecule has 7 heteroatoms. The van der Waals surface area contributed by atoms with Crippen molar-refractivity contribution in [2.45, 2.75) is 32.4 Å². The Kier molecular flexibility index (Phi) is 6.04. The van der Waals surface area contributed by atoms with E-state index in [2.05, 4.69) is 24.1 Å². The average Bonchev–Trinajstić information content (AvgIpc) is 2.38. The van der Waals surface area contributed by atoms with Crippen molar-refractivity contribution in [3.8, 4) is 0 Å². The maximum atomic E-state index is 11.9. The van der Waals surface area contributed by atoms with Gasteiger partial charge in [-0.1, -0.05) is 0 Å². The van der Waals surface area contributed by atoms with Crippen molar-refractivity contribution in [3.05, 3.63) is 0 Å². The van der Waals surface area contributed by atoms with Gasteiger partial charge in [-0.2, -0.15) is 0 Å². The summed E-state index contributed by atoms with van der Waals surface area (Å²) in [6, 6.07) is -0.948. The molecule has 1 saturated heterocycles. The number of aliphatic hydroxyl groups is 1. The molecule has 1 fully saturated rings. The lowest BCUT2D eigenvalue weighted by atomic mass is 10.2. The van der Waals surface area contributed by atoms with E-state index in [0.717, 1.165) is 13.1 Å². The van der Waals surface area contributed by atoms with Crippen LogP contribution >= 0.6 is 0 Å². The average molecular weight is 273 g/mol. The first-order valence-corrected chi connectivity index (χ1v) is 6.59. The minimum atomic E-state index is -1.12. The van der Waals surface area contributed by atoms with Crippen LogP contribution in [0.4, 0.5) is 4.79 Å². The van der Waals surface area contributed by atoms with E-state index in [0.29, 0.717) is 19.1 Å². The molecule has 0 bridgehead atoms. The summed E-state index contributed by atoms with van der Waals surface area (Å²) in [4.78, 5) is 26.7. The molecule has 0 saturated carbocycles. The van der Waals surface area contributed by atoms with Crippen molar-refractivity contribution in [1.29, 1.82) is 0 Å². The first kappa shape index (κ1) is 15.7. The van der Waals surface area contributed by atoms with Crippen molar-refractivity contribution in [1.82, 2.24) is 15.1 Å². The number of hydrogen-bond acceptors (Lipinski definition) is 4. The Morgan fingerprint density at radius 1 is 1.21 bits per heavy atom. The maximum absolute atomic E-state index is 11.9. The largest absolute Gasteiger partial charge is 0.480 e. The summed E-state index contributed by atoms with van der Waals surface area (Å²) in [6.45, 7) is 6.73. The number of amides is 2. The number of urea groups is 1. The first-order chi connectivity index (χ1) is 8.95. The minimum Gasteiger partial charge on any atom is -0.480 e. The highest BCUT2D eigenvalue weighted by Crippen LogP contribution is 2.06. The fourth-order valence-corrected chi connectivity index (χ4v) is 2.07. The van der Waals surface area contributed by atoms with Gasteiger partial charge in [0.2, 0.25) is 0 Å². The highest BCUT2D eigenvalue weighted by molar-refractivity contribution is 5.82. The molecule has 0 spiro atoms. The summed E-state index contributed by atoms with van der Waals surface area (Å²) < 4.78 is 0. The van der Waals surface area contributed by atoms with Crippen molar-refractivity contribution in [3.63, 3.8) is 0 Å². The van der Waals surface area contributed by atoms with Crippen LogP contribution in [0, 0.1) is 0 Å². The molecule has 0 aromatic carbocycles. The number of carboxylic acids is 1. The summed E-state index contributed by atoms with van der Waals surface area (Å²) in [5.74, 6) is -1.12. The van der Waals surface area contributed by atoms with Gasteiger partial charge in [-0.25, -0.2) is 9.59 Å². The van der Waals surface area contributed by atoms with Crippen LogP contribution in [0.3, 0.4) is 0 Å². The predicted octanol–water partition coefficient (Wildman–Crippen LogP) is -0.442. The summed E-state index contributed by atoms with van der Waals surface area (Å²) in [5.41, 5.74) is 0. The molecule has 2 amide bonds. The zero-order valence-corrected chi connectivity index (χ0v) is 11.5. The Hall–Kier alpha value is -1.34. The molecule has 1 heterocycles. The highest BCUT2D eigenvalue weighted by Gasteiger charge is 2.26. The van der Waals surface area contributed by atoms with Gasteiger partial charge in [0.25, 0.3) is 0 Å². The number of aliphatic carboxylic acids is 1. The number of carboxylic acid groups (broad SMARTS) is 1. The number of nitrogens with one attached hydrogen (secondary N) is 1. The van der Waals surface area contributed by atoms with Crippen LogP contribution in [-0.4, -0.2) is 76.9 Å². The van der Waals surface area contributed by atoms with Crippen LogP contribution in [0.1, 0.15) is 20.3 Å². The molecule has 0 radical (unpaired) electrons. The first-order valence-electron chi connectivity index (χ1n) is 6.59. The van der Waals surface area contributed by atoms with E-state index in [1.54, 1.807) is 4.90 Å². The zero-order chi connectivity index (χ0) is 14.4. The van der Waals surface area contributed by atoms with Crippen LogP contribution in [0.25, 0.3) is 0 Å². The van der Waals surface area contributed by atoms with Crippen LogP contribution < -0.4 is 5.32 Å². The number of piperazine rings is 1. The van der Waals surface area contributed by atoms with Gasteiger partial charge in [0.1, 0.15) is 6.04 Å².